The Balaban J connectivity index is 2.24. The highest BCUT2D eigenvalue weighted by molar-refractivity contribution is 9.10. The Hall–Kier alpha value is -0.870. The third-order valence-corrected chi connectivity index (χ3v) is 3.18. The van der Waals surface area contributed by atoms with Crippen LogP contribution in [0.15, 0.2) is 28.7 Å². The summed E-state index contributed by atoms with van der Waals surface area (Å²) in [5.74, 6) is -0.0420. The average molecular weight is 300 g/mol. The average Bonchev–Trinajstić information content (AvgIpc) is 2.34. The van der Waals surface area contributed by atoms with Crippen LogP contribution in [0.3, 0.4) is 0 Å². The van der Waals surface area contributed by atoms with E-state index >= 15 is 0 Å². The van der Waals surface area contributed by atoms with E-state index in [1.54, 1.807) is 6.07 Å². The van der Waals surface area contributed by atoms with E-state index in [2.05, 4.69) is 21.2 Å². The number of hydrogen-bond donors (Lipinski definition) is 2. The van der Waals surface area contributed by atoms with Crippen LogP contribution in [0.25, 0.3) is 0 Å². The number of rotatable bonds is 7. The highest BCUT2D eigenvalue weighted by Gasteiger charge is 2.07. The highest BCUT2D eigenvalue weighted by Crippen LogP contribution is 2.15. The van der Waals surface area contributed by atoms with Crippen molar-refractivity contribution in [1.82, 2.24) is 5.32 Å². The Morgan fingerprint density at radius 3 is 2.59 bits per heavy atom. The summed E-state index contributed by atoms with van der Waals surface area (Å²) in [6.07, 6.45) is 3.85. The molecule has 0 aliphatic carbocycles. The van der Waals surface area contributed by atoms with Gasteiger partial charge in [0, 0.05) is 17.6 Å². The van der Waals surface area contributed by atoms with E-state index in [1.165, 1.54) is 0 Å². The van der Waals surface area contributed by atoms with Gasteiger partial charge in [0.1, 0.15) is 0 Å². The molecule has 1 amide bonds. The second-order valence-electron chi connectivity index (χ2n) is 3.87. The zero-order valence-electron chi connectivity index (χ0n) is 9.79. The maximum atomic E-state index is 11.8. The largest absolute Gasteiger partial charge is 0.396 e. The molecule has 4 heteroatoms. The van der Waals surface area contributed by atoms with Crippen molar-refractivity contribution < 1.29 is 9.90 Å². The van der Waals surface area contributed by atoms with Crippen LogP contribution in [0.2, 0.25) is 0 Å². The van der Waals surface area contributed by atoms with Crippen LogP contribution in [-0.2, 0) is 0 Å². The van der Waals surface area contributed by atoms with Crippen molar-refractivity contribution in [3.8, 4) is 0 Å². The van der Waals surface area contributed by atoms with Crippen molar-refractivity contribution in [1.29, 1.82) is 0 Å². The Bertz CT molecular complexity index is 355. The van der Waals surface area contributed by atoms with Gasteiger partial charge in [0.15, 0.2) is 0 Å². The molecule has 1 rings (SSSR count). The molecule has 0 fully saturated rings. The maximum absolute atomic E-state index is 11.8. The molecule has 17 heavy (non-hydrogen) atoms. The van der Waals surface area contributed by atoms with Crippen LogP contribution in [0, 0.1) is 0 Å². The molecule has 0 radical (unpaired) electrons. The van der Waals surface area contributed by atoms with E-state index in [1.807, 2.05) is 18.2 Å². The van der Waals surface area contributed by atoms with Gasteiger partial charge in [-0.2, -0.15) is 0 Å². The summed E-state index contributed by atoms with van der Waals surface area (Å²) in [5.41, 5.74) is 0.669. The van der Waals surface area contributed by atoms with Crippen molar-refractivity contribution in [2.24, 2.45) is 0 Å². The quantitative estimate of drug-likeness (QED) is 0.761. The molecule has 0 heterocycles. The zero-order valence-corrected chi connectivity index (χ0v) is 11.4. The molecule has 1 aromatic carbocycles. The van der Waals surface area contributed by atoms with Gasteiger partial charge in [0.2, 0.25) is 0 Å². The van der Waals surface area contributed by atoms with Crippen LogP contribution < -0.4 is 5.32 Å². The topological polar surface area (TPSA) is 49.3 Å². The lowest BCUT2D eigenvalue weighted by molar-refractivity contribution is 0.0952. The SMILES string of the molecule is O=C(NCCCCCCO)c1ccccc1Br. The Kier molecular flexibility index (Phi) is 6.89. The molecule has 0 aliphatic rings. The first-order valence-electron chi connectivity index (χ1n) is 5.89. The summed E-state index contributed by atoms with van der Waals surface area (Å²) in [6.45, 7) is 0.939. The van der Waals surface area contributed by atoms with E-state index in [0.717, 1.165) is 30.2 Å². The predicted octanol–water partition coefficient (Wildman–Crippen LogP) is 2.73. The number of nitrogens with one attached hydrogen (secondary N) is 1. The molecule has 0 spiro atoms. The summed E-state index contributed by atoms with van der Waals surface area (Å²) in [7, 11) is 0. The number of carbonyl (C=O) groups is 1. The second-order valence-corrected chi connectivity index (χ2v) is 4.73. The lowest BCUT2D eigenvalue weighted by Crippen LogP contribution is -2.24. The van der Waals surface area contributed by atoms with Crippen LogP contribution in [0.5, 0.6) is 0 Å². The van der Waals surface area contributed by atoms with Gasteiger partial charge in [0.25, 0.3) is 5.91 Å². The first kappa shape index (κ1) is 14.2. The number of aliphatic hydroxyl groups excluding tert-OH is 1. The normalized spacial score (nSPS) is 10.2. The fraction of sp³-hybridized carbons (Fsp3) is 0.462. The minimum absolute atomic E-state index is 0.0420. The van der Waals surface area contributed by atoms with Crippen molar-refractivity contribution in [3.63, 3.8) is 0 Å². The standard InChI is InChI=1S/C13H18BrNO2/c14-12-8-4-3-7-11(12)13(17)15-9-5-1-2-6-10-16/h3-4,7-8,16H,1-2,5-6,9-10H2,(H,15,17). The van der Waals surface area contributed by atoms with E-state index in [-0.39, 0.29) is 12.5 Å². The molecule has 94 valence electrons. The summed E-state index contributed by atoms with van der Waals surface area (Å²) in [5, 5.41) is 11.5. The molecular weight excluding hydrogens is 282 g/mol. The van der Waals surface area contributed by atoms with Crippen LogP contribution in [0.4, 0.5) is 0 Å². The maximum Gasteiger partial charge on any atom is 0.252 e. The first-order valence-corrected chi connectivity index (χ1v) is 6.68. The van der Waals surface area contributed by atoms with Crippen molar-refractivity contribution in [2.75, 3.05) is 13.2 Å². The first-order chi connectivity index (χ1) is 8.25. The molecule has 0 aromatic heterocycles. The lowest BCUT2D eigenvalue weighted by atomic mass is 10.2. The summed E-state index contributed by atoms with van der Waals surface area (Å²) in [4.78, 5) is 11.8. The minimum atomic E-state index is -0.0420. The molecule has 2 N–H and O–H groups in total. The van der Waals surface area contributed by atoms with Crippen LogP contribution >= 0.6 is 15.9 Å². The molecule has 3 nitrogen and oxygen atoms in total. The van der Waals surface area contributed by atoms with Gasteiger partial charge in [-0.3, -0.25) is 4.79 Å². The van der Waals surface area contributed by atoms with Gasteiger partial charge >= 0.3 is 0 Å². The van der Waals surface area contributed by atoms with Gasteiger partial charge in [-0.25, -0.2) is 0 Å². The fourth-order valence-electron chi connectivity index (χ4n) is 1.53. The minimum Gasteiger partial charge on any atom is -0.396 e. The smallest absolute Gasteiger partial charge is 0.252 e. The Morgan fingerprint density at radius 2 is 1.88 bits per heavy atom. The van der Waals surface area contributed by atoms with Crippen molar-refractivity contribution in [2.45, 2.75) is 25.7 Å². The fourth-order valence-corrected chi connectivity index (χ4v) is 2.00. The number of benzene rings is 1. The van der Waals surface area contributed by atoms with E-state index in [0.29, 0.717) is 12.1 Å². The van der Waals surface area contributed by atoms with Crippen LogP contribution in [0.1, 0.15) is 36.0 Å². The number of unbranched alkanes of at least 4 members (excludes halogenated alkanes) is 3. The van der Waals surface area contributed by atoms with Gasteiger partial charge in [0.05, 0.1) is 5.56 Å². The monoisotopic (exact) mass is 299 g/mol. The third-order valence-electron chi connectivity index (χ3n) is 2.49. The number of amides is 1. The molecule has 0 unspecified atom stereocenters. The van der Waals surface area contributed by atoms with Gasteiger partial charge < -0.3 is 10.4 Å². The number of aliphatic hydroxyl groups is 1. The summed E-state index contributed by atoms with van der Waals surface area (Å²) >= 11 is 3.35. The molecule has 0 atom stereocenters. The summed E-state index contributed by atoms with van der Waals surface area (Å²) < 4.78 is 0.817. The molecular formula is C13H18BrNO2. The van der Waals surface area contributed by atoms with Gasteiger partial charge in [-0.05, 0) is 40.9 Å². The Labute approximate surface area is 110 Å². The van der Waals surface area contributed by atoms with Crippen molar-refractivity contribution >= 4 is 21.8 Å². The molecule has 0 bridgehead atoms. The molecule has 0 saturated heterocycles. The van der Waals surface area contributed by atoms with E-state index < -0.39 is 0 Å². The van der Waals surface area contributed by atoms with E-state index in [9.17, 15) is 4.79 Å². The number of halogens is 1. The third kappa shape index (κ3) is 5.33. The van der Waals surface area contributed by atoms with E-state index in [4.69, 9.17) is 5.11 Å². The highest BCUT2D eigenvalue weighted by atomic mass is 79.9. The molecule has 0 aliphatic heterocycles. The van der Waals surface area contributed by atoms with Crippen molar-refractivity contribution in [3.05, 3.63) is 34.3 Å². The predicted molar refractivity (Wildman–Crippen MR) is 72.0 cm³/mol. The summed E-state index contributed by atoms with van der Waals surface area (Å²) in [6, 6.07) is 7.39. The lowest BCUT2D eigenvalue weighted by Gasteiger charge is -2.06. The van der Waals surface area contributed by atoms with Crippen LogP contribution in [-0.4, -0.2) is 24.2 Å². The van der Waals surface area contributed by atoms with Gasteiger partial charge in [-0.1, -0.05) is 25.0 Å². The van der Waals surface area contributed by atoms with Gasteiger partial charge in [-0.15, -0.1) is 0 Å². The Morgan fingerprint density at radius 1 is 1.18 bits per heavy atom. The zero-order chi connectivity index (χ0) is 12.5. The number of carbonyl (C=O) groups excluding carboxylic acids is 1. The molecule has 0 saturated carbocycles. The number of hydrogen-bond acceptors (Lipinski definition) is 2. The second kappa shape index (κ2) is 8.25. The molecule has 1 aromatic rings.